The van der Waals surface area contributed by atoms with Crippen molar-refractivity contribution >= 4 is 22.6 Å². The monoisotopic (exact) mass is 377 g/mol. The van der Waals surface area contributed by atoms with Crippen LogP contribution < -0.4 is 5.32 Å². The first-order chi connectivity index (χ1) is 13.6. The van der Waals surface area contributed by atoms with E-state index in [2.05, 4.69) is 58.8 Å². The Labute approximate surface area is 165 Å². The summed E-state index contributed by atoms with van der Waals surface area (Å²) in [6, 6.07) is 14.6. The van der Waals surface area contributed by atoms with Gasteiger partial charge in [0.05, 0.1) is 17.8 Å². The number of likely N-dealkylation sites (tertiary alicyclic amines) is 1. The van der Waals surface area contributed by atoms with Gasteiger partial charge in [-0.3, -0.25) is 5.10 Å². The summed E-state index contributed by atoms with van der Waals surface area (Å²) < 4.78 is 0. The Hall–Kier alpha value is -2.86. The number of rotatable bonds is 4. The minimum absolute atomic E-state index is 0.0371. The van der Waals surface area contributed by atoms with E-state index in [1.165, 1.54) is 11.1 Å². The Morgan fingerprint density at radius 2 is 2.04 bits per heavy atom. The molecule has 2 amide bonds. The number of carbonyl (C=O) groups is 1. The summed E-state index contributed by atoms with van der Waals surface area (Å²) in [4.78, 5) is 17.2. The zero-order chi connectivity index (χ0) is 19.5. The van der Waals surface area contributed by atoms with Crippen LogP contribution in [-0.4, -0.2) is 46.7 Å². The second-order valence-corrected chi connectivity index (χ2v) is 7.79. The maximum atomic E-state index is 13.0. The fraction of sp³-hybridized carbons (Fsp3) is 0.364. The van der Waals surface area contributed by atoms with Gasteiger partial charge in [0.15, 0.2) is 0 Å². The Bertz CT molecular complexity index is 947. The summed E-state index contributed by atoms with van der Waals surface area (Å²) >= 11 is 0. The first kappa shape index (κ1) is 18.5. The van der Waals surface area contributed by atoms with E-state index in [1.54, 1.807) is 6.20 Å². The van der Waals surface area contributed by atoms with Crippen molar-refractivity contribution in [1.82, 2.24) is 20.0 Å². The van der Waals surface area contributed by atoms with Crippen molar-refractivity contribution in [2.75, 3.05) is 26.0 Å². The first-order valence-electron chi connectivity index (χ1n) is 9.84. The van der Waals surface area contributed by atoms with Crippen molar-refractivity contribution in [1.29, 1.82) is 0 Å². The lowest BCUT2D eigenvalue weighted by molar-refractivity contribution is 0.163. The second kappa shape index (κ2) is 8.02. The third kappa shape index (κ3) is 4.02. The summed E-state index contributed by atoms with van der Waals surface area (Å²) in [7, 11) is 4.14. The van der Waals surface area contributed by atoms with Crippen LogP contribution in [0.3, 0.4) is 0 Å². The summed E-state index contributed by atoms with van der Waals surface area (Å²) in [6.45, 7) is 1.70. The highest BCUT2D eigenvalue weighted by atomic mass is 16.2. The number of piperidine rings is 1. The molecule has 0 saturated carbocycles. The molecule has 1 saturated heterocycles. The topological polar surface area (TPSA) is 64.3 Å². The molecule has 0 radical (unpaired) electrons. The van der Waals surface area contributed by atoms with Gasteiger partial charge in [-0.15, -0.1) is 0 Å². The number of aromatic nitrogens is 2. The van der Waals surface area contributed by atoms with Crippen LogP contribution in [0, 0.1) is 0 Å². The highest BCUT2D eigenvalue weighted by Crippen LogP contribution is 2.32. The van der Waals surface area contributed by atoms with E-state index < -0.39 is 0 Å². The summed E-state index contributed by atoms with van der Waals surface area (Å²) in [6.07, 6.45) is 4.96. The molecule has 28 heavy (non-hydrogen) atoms. The molecule has 0 unspecified atom stereocenters. The van der Waals surface area contributed by atoms with Gasteiger partial charge >= 0.3 is 6.03 Å². The molecule has 6 heteroatoms. The number of fused-ring (bicyclic) bond motifs is 1. The minimum Gasteiger partial charge on any atom is -0.317 e. The largest absolute Gasteiger partial charge is 0.322 e. The molecular weight excluding hydrogens is 350 g/mol. The summed E-state index contributed by atoms with van der Waals surface area (Å²) in [5.41, 5.74) is 4.26. The average molecular weight is 377 g/mol. The molecule has 6 nitrogen and oxygen atoms in total. The Morgan fingerprint density at radius 1 is 1.21 bits per heavy atom. The predicted octanol–water partition coefficient (Wildman–Crippen LogP) is 4.38. The smallest absolute Gasteiger partial charge is 0.317 e. The molecule has 1 atom stereocenters. The van der Waals surface area contributed by atoms with Gasteiger partial charge in [-0.05, 0) is 62.7 Å². The maximum Gasteiger partial charge on any atom is 0.322 e. The number of benzene rings is 2. The lowest BCUT2D eigenvalue weighted by atomic mass is 9.95. The van der Waals surface area contributed by atoms with E-state index in [0.29, 0.717) is 0 Å². The molecule has 2 N–H and O–H groups in total. The van der Waals surface area contributed by atoms with Crippen LogP contribution in [0.1, 0.15) is 36.4 Å². The van der Waals surface area contributed by atoms with E-state index in [4.69, 9.17) is 0 Å². The second-order valence-electron chi connectivity index (χ2n) is 7.79. The number of aromatic amines is 1. The van der Waals surface area contributed by atoms with Gasteiger partial charge in [0.1, 0.15) is 0 Å². The van der Waals surface area contributed by atoms with Gasteiger partial charge < -0.3 is 15.1 Å². The van der Waals surface area contributed by atoms with Gasteiger partial charge in [0, 0.05) is 24.2 Å². The van der Waals surface area contributed by atoms with Crippen LogP contribution >= 0.6 is 0 Å². The van der Waals surface area contributed by atoms with Crippen LogP contribution in [0.15, 0.2) is 48.7 Å². The van der Waals surface area contributed by atoms with Crippen LogP contribution in [0.25, 0.3) is 10.9 Å². The van der Waals surface area contributed by atoms with Gasteiger partial charge in [0.2, 0.25) is 0 Å². The third-order valence-corrected chi connectivity index (χ3v) is 5.32. The number of carbonyl (C=O) groups excluding carboxylic acids is 1. The van der Waals surface area contributed by atoms with Crippen LogP contribution in [0.4, 0.5) is 10.5 Å². The number of H-pyrrole nitrogens is 1. The average Bonchev–Trinajstić information content (AvgIpc) is 3.16. The third-order valence-electron chi connectivity index (χ3n) is 5.32. The SMILES string of the molecule is CN(C)Cc1ccc([C@@H]2CCCCN2C(=O)Nc2ccc3[nH]ncc3c2)cc1. The van der Waals surface area contributed by atoms with Crippen molar-refractivity contribution in [3.05, 3.63) is 59.8 Å². The van der Waals surface area contributed by atoms with Gasteiger partial charge in [0.25, 0.3) is 0 Å². The molecule has 1 aliphatic rings. The number of amides is 2. The molecule has 1 fully saturated rings. The Morgan fingerprint density at radius 3 is 2.82 bits per heavy atom. The Balaban J connectivity index is 1.50. The fourth-order valence-electron chi connectivity index (χ4n) is 3.95. The van der Waals surface area contributed by atoms with E-state index in [1.807, 2.05) is 23.1 Å². The number of nitrogens with zero attached hydrogens (tertiary/aromatic N) is 3. The number of hydrogen-bond donors (Lipinski definition) is 2. The molecule has 0 aliphatic carbocycles. The van der Waals surface area contributed by atoms with Crippen molar-refractivity contribution in [2.24, 2.45) is 0 Å². The van der Waals surface area contributed by atoms with E-state index in [0.717, 1.165) is 48.9 Å². The number of anilines is 1. The molecule has 146 valence electrons. The van der Waals surface area contributed by atoms with Crippen LogP contribution in [0.2, 0.25) is 0 Å². The molecule has 3 aromatic rings. The normalized spacial score (nSPS) is 17.2. The Kier molecular flexibility index (Phi) is 5.30. The lowest BCUT2D eigenvalue weighted by Crippen LogP contribution is -2.41. The highest BCUT2D eigenvalue weighted by molar-refractivity contribution is 5.92. The van der Waals surface area contributed by atoms with Gasteiger partial charge in [-0.25, -0.2) is 4.79 Å². The zero-order valence-corrected chi connectivity index (χ0v) is 16.5. The summed E-state index contributed by atoms with van der Waals surface area (Å²) in [5.74, 6) is 0. The fourth-order valence-corrected chi connectivity index (χ4v) is 3.95. The van der Waals surface area contributed by atoms with Crippen LogP contribution in [0.5, 0.6) is 0 Å². The van der Waals surface area contributed by atoms with Crippen LogP contribution in [-0.2, 0) is 6.54 Å². The molecule has 1 aliphatic heterocycles. The molecule has 2 aromatic carbocycles. The van der Waals surface area contributed by atoms with Crippen molar-refractivity contribution < 1.29 is 4.79 Å². The predicted molar refractivity (Wildman–Crippen MR) is 112 cm³/mol. The van der Waals surface area contributed by atoms with E-state index in [-0.39, 0.29) is 12.1 Å². The quantitative estimate of drug-likeness (QED) is 0.709. The van der Waals surface area contributed by atoms with E-state index >= 15 is 0 Å². The van der Waals surface area contributed by atoms with Crippen molar-refractivity contribution in [2.45, 2.75) is 31.8 Å². The summed E-state index contributed by atoms with van der Waals surface area (Å²) in [5, 5.41) is 11.0. The number of hydrogen-bond acceptors (Lipinski definition) is 3. The van der Waals surface area contributed by atoms with Crippen molar-refractivity contribution in [3.8, 4) is 0 Å². The molecule has 4 rings (SSSR count). The number of nitrogens with one attached hydrogen (secondary N) is 2. The molecular formula is C22H27N5O. The highest BCUT2D eigenvalue weighted by Gasteiger charge is 2.28. The molecule has 2 heterocycles. The molecule has 0 spiro atoms. The standard InChI is InChI=1S/C22H27N5O/c1-26(2)15-16-6-8-17(9-7-16)21-5-3-4-12-27(21)22(28)24-19-10-11-20-18(13-19)14-23-25-20/h6-11,13-14,21H,3-5,12,15H2,1-2H3,(H,23,25)(H,24,28)/t21-/m0/s1. The van der Waals surface area contributed by atoms with Gasteiger partial charge in [-0.2, -0.15) is 5.10 Å². The zero-order valence-electron chi connectivity index (χ0n) is 16.5. The lowest BCUT2D eigenvalue weighted by Gasteiger charge is -2.36. The van der Waals surface area contributed by atoms with E-state index in [9.17, 15) is 4.79 Å². The van der Waals surface area contributed by atoms with Crippen molar-refractivity contribution in [3.63, 3.8) is 0 Å². The maximum absolute atomic E-state index is 13.0. The number of urea groups is 1. The first-order valence-corrected chi connectivity index (χ1v) is 9.84. The minimum atomic E-state index is -0.0371. The molecule has 1 aromatic heterocycles. The van der Waals surface area contributed by atoms with Gasteiger partial charge in [-0.1, -0.05) is 24.3 Å². The molecule has 0 bridgehead atoms.